The van der Waals surface area contributed by atoms with Crippen LogP contribution < -0.4 is 14.4 Å². The van der Waals surface area contributed by atoms with E-state index in [0.29, 0.717) is 38.6 Å². The molecule has 4 rings (SSSR count). The molecule has 0 aromatic heterocycles. The average molecular weight is 518 g/mol. The number of carbonyl (C=O) groups is 1. The monoisotopic (exact) mass is 517 g/mol. The number of thioether (sulfide) groups is 1. The highest BCUT2D eigenvalue weighted by molar-refractivity contribution is 8.27. The second-order valence-corrected chi connectivity index (χ2v) is 9.21. The molecular formula is C25H18ClF2NO3S2. The van der Waals surface area contributed by atoms with Gasteiger partial charge in [-0.1, -0.05) is 53.8 Å². The predicted molar refractivity (Wildman–Crippen MR) is 135 cm³/mol. The molecule has 9 heteroatoms. The van der Waals surface area contributed by atoms with Gasteiger partial charge in [-0.2, -0.15) is 0 Å². The Hall–Kier alpha value is -2.94. The van der Waals surface area contributed by atoms with E-state index in [1.807, 2.05) is 6.92 Å². The number of amides is 1. The Morgan fingerprint density at radius 1 is 1.06 bits per heavy atom. The molecule has 0 atom stereocenters. The average Bonchev–Trinajstić information content (AvgIpc) is 3.07. The fraction of sp³-hybridized carbons (Fsp3) is 0.120. The Morgan fingerprint density at radius 3 is 2.59 bits per heavy atom. The number of hydrogen-bond acceptors (Lipinski definition) is 5. The van der Waals surface area contributed by atoms with Gasteiger partial charge in [-0.05, 0) is 61.0 Å². The largest absolute Gasteiger partial charge is 0.490 e. The molecule has 3 aromatic rings. The Balaban J connectivity index is 1.57. The van der Waals surface area contributed by atoms with Crippen LogP contribution in [-0.2, 0) is 11.4 Å². The lowest BCUT2D eigenvalue weighted by Gasteiger charge is -2.14. The molecule has 4 nitrogen and oxygen atoms in total. The smallest absolute Gasteiger partial charge is 0.270 e. The molecule has 0 aliphatic carbocycles. The van der Waals surface area contributed by atoms with Crippen LogP contribution in [0.2, 0.25) is 5.02 Å². The second-order valence-electron chi connectivity index (χ2n) is 7.13. The molecule has 0 unspecified atom stereocenters. The Bertz CT molecular complexity index is 1280. The number of carbonyl (C=O) groups excluding carboxylic acids is 1. The molecular weight excluding hydrogens is 500 g/mol. The van der Waals surface area contributed by atoms with Crippen molar-refractivity contribution in [1.29, 1.82) is 0 Å². The molecule has 1 amide bonds. The summed E-state index contributed by atoms with van der Waals surface area (Å²) < 4.78 is 39.5. The van der Waals surface area contributed by atoms with Crippen LogP contribution in [0.25, 0.3) is 6.08 Å². The van der Waals surface area contributed by atoms with E-state index in [9.17, 15) is 13.6 Å². The van der Waals surface area contributed by atoms with Gasteiger partial charge in [-0.25, -0.2) is 8.78 Å². The summed E-state index contributed by atoms with van der Waals surface area (Å²) in [7, 11) is 0. The molecule has 1 saturated heterocycles. The first kappa shape index (κ1) is 24.2. The summed E-state index contributed by atoms with van der Waals surface area (Å²) in [5.41, 5.74) is 1.30. The normalized spacial score (nSPS) is 14.7. The summed E-state index contributed by atoms with van der Waals surface area (Å²) in [6, 6.07) is 15.3. The zero-order valence-electron chi connectivity index (χ0n) is 17.9. The maximum atomic E-state index is 14.1. The minimum Gasteiger partial charge on any atom is -0.490 e. The lowest BCUT2D eigenvalue weighted by Crippen LogP contribution is -2.27. The van der Waals surface area contributed by atoms with E-state index >= 15 is 0 Å². The number of rotatable bonds is 7. The van der Waals surface area contributed by atoms with E-state index in [0.717, 1.165) is 11.8 Å². The molecule has 0 bridgehead atoms. The molecule has 0 radical (unpaired) electrons. The SMILES string of the molecule is CCOc1cc(/C=C2/SC(=S)N(c3cccc(F)c3)C2=O)ccc1OCc1c(F)cccc1Cl. The summed E-state index contributed by atoms with van der Waals surface area (Å²) in [5, 5.41) is 0.273. The van der Waals surface area contributed by atoms with E-state index in [2.05, 4.69) is 0 Å². The molecule has 1 aliphatic rings. The van der Waals surface area contributed by atoms with E-state index < -0.39 is 11.6 Å². The summed E-state index contributed by atoms with van der Waals surface area (Å²) in [4.78, 5) is 14.6. The highest BCUT2D eigenvalue weighted by atomic mass is 35.5. The van der Waals surface area contributed by atoms with Gasteiger partial charge in [0, 0.05) is 5.56 Å². The molecule has 1 heterocycles. The Morgan fingerprint density at radius 2 is 1.85 bits per heavy atom. The zero-order chi connectivity index (χ0) is 24.2. The molecule has 1 fully saturated rings. The fourth-order valence-electron chi connectivity index (χ4n) is 3.28. The van der Waals surface area contributed by atoms with Crippen LogP contribution in [0.3, 0.4) is 0 Å². The van der Waals surface area contributed by atoms with E-state index in [-0.39, 0.29) is 23.1 Å². The number of thiocarbonyl (C=S) groups is 1. The first-order valence-electron chi connectivity index (χ1n) is 10.2. The zero-order valence-corrected chi connectivity index (χ0v) is 20.3. The van der Waals surface area contributed by atoms with E-state index in [1.165, 1.54) is 35.2 Å². The minimum absolute atomic E-state index is 0.0722. The van der Waals surface area contributed by atoms with Gasteiger partial charge in [-0.15, -0.1) is 0 Å². The van der Waals surface area contributed by atoms with Crippen LogP contribution in [0, 0.1) is 11.6 Å². The van der Waals surface area contributed by atoms with Crippen LogP contribution in [0.4, 0.5) is 14.5 Å². The number of halogens is 3. The van der Waals surface area contributed by atoms with Crippen molar-refractivity contribution in [2.45, 2.75) is 13.5 Å². The number of ether oxygens (including phenoxy) is 2. The highest BCUT2D eigenvalue weighted by Crippen LogP contribution is 2.37. The third-order valence-corrected chi connectivity index (χ3v) is 6.52. The lowest BCUT2D eigenvalue weighted by atomic mass is 10.1. The standard InChI is InChI=1S/C25H18ClF2NO3S2/c1-2-31-22-11-15(9-10-21(22)32-14-18-19(26)7-4-8-20(18)28)12-23-24(30)29(25(33)34-23)17-6-3-5-16(27)13-17/h3-13H,2,14H2,1H3/b23-12+. The van der Waals surface area contributed by atoms with Gasteiger partial charge < -0.3 is 9.47 Å². The van der Waals surface area contributed by atoms with E-state index in [4.69, 9.17) is 33.3 Å². The number of benzene rings is 3. The van der Waals surface area contributed by atoms with Crippen molar-refractivity contribution in [3.63, 3.8) is 0 Å². The highest BCUT2D eigenvalue weighted by Gasteiger charge is 2.33. The first-order valence-corrected chi connectivity index (χ1v) is 11.8. The fourth-order valence-corrected chi connectivity index (χ4v) is 4.80. The summed E-state index contributed by atoms with van der Waals surface area (Å²) in [6.07, 6.45) is 1.68. The van der Waals surface area contributed by atoms with Crippen LogP contribution >= 0.6 is 35.6 Å². The molecule has 3 aromatic carbocycles. The third kappa shape index (κ3) is 5.24. The van der Waals surface area contributed by atoms with Gasteiger partial charge in [0.15, 0.2) is 15.8 Å². The molecule has 0 spiro atoms. The molecule has 34 heavy (non-hydrogen) atoms. The van der Waals surface area contributed by atoms with Crippen molar-refractivity contribution < 1.29 is 23.0 Å². The quantitative estimate of drug-likeness (QED) is 0.249. The van der Waals surface area contributed by atoms with Gasteiger partial charge in [0.05, 0.1) is 22.2 Å². The van der Waals surface area contributed by atoms with Gasteiger partial charge in [0.1, 0.15) is 18.2 Å². The van der Waals surface area contributed by atoms with Crippen LogP contribution in [0.1, 0.15) is 18.1 Å². The van der Waals surface area contributed by atoms with Crippen molar-refractivity contribution in [3.05, 3.63) is 93.4 Å². The van der Waals surface area contributed by atoms with Crippen molar-refractivity contribution in [1.82, 2.24) is 0 Å². The molecule has 0 saturated carbocycles. The maximum Gasteiger partial charge on any atom is 0.270 e. The maximum absolute atomic E-state index is 14.1. The van der Waals surface area contributed by atoms with E-state index in [1.54, 1.807) is 36.4 Å². The van der Waals surface area contributed by atoms with Crippen LogP contribution in [-0.4, -0.2) is 16.8 Å². The van der Waals surface area contributed by atoms with Gasteiger partial charge in [0.2, 0.25) is 0 Å². The van der Waals surface area contributed by atoms with Gasteiger partial charge >= 0.3 is 0 Å². The van der Waals surface area contributed by atoms with Crippen molar-refractivity contribution in [2.75, 3.05) is 11.5 Å². The Kier molecular flexibility index (Phi) is 7.50. The number of nitrogens with zero attached hydrogens (tertiary/aromatic N) is 1. The summed E-state index contributed by atoms with van der Waals surface area (Å²) >= 11 is 12.6. The number of anilines is 1. The molecule has 0 N–H and O–H groups in total. The van der Waals surface area contributed by atoms with Gasteiger partial charge in [0.25, 0.3) is 5.91 Å². The van der Waals surface area contributed by atoms with Crippen LogP contribution in [0.5, 0.6) is 11.5 Å². The second kappa shape index (κ2) is 10.5. The summed E-state index contributed by atoms with van der Waals surface area (Å²) in [6.45, 7) is 2.13. The Labute approximate surface area is 210 Å². The lowest BCUT2D eigenvalue weighted by molar-refractivity contribution is -0.113. The molecule has 174 valence electrons. The summed E-state index contributed by atoms with van der Waals surface area (Å²) in [5.74, 6) is -0.408. The van der Waals surface area contributed by atoms with Crippen molar-refractivity contribution in [3.8, 4) is 11.5 Å². The molecule has 1 aliphatic heterocycles. The van der Waals surface area contributed by atoms with Crippen molar-refractivity contribution in [2.24, 2.45) is 0 Å². The topological polar surface area (TPSA) is 38.8 Å². The predicted octanol–water partition coefficient (Wildman–Crippen LogP) is 7.00. The minimum atomic E-state index is -0.456. The first-order chi connectivity index (χ1) is 16.4. The van der Waals surface area contributed by atoms with Crippen LogP contribution in [0.15, 0.2) is 65.6 Å². The van der Waals surface area contributed by atoms with Gasteiger partial charge in [-0.3, -0.25) is 9.69 Å². The third-order valence-electron chi connectivity index (χ3n) is 4.86. The number of hydrogen-bond donors (Lipinski definition) is 0. The van der Waals surface area contributed by atoms with Crippen molar-refractivity contribution >= 4 is 57.6 Å².